The fourth-order valence-corrected chi connectivity index (χ4v) is 2.14. The summed E-state index contributed by atoms with van der Waals surface area (Å²) in [7, 11) is 0. The number of aromatic carboxylic acids is 1. The van der Waals surface area contributed by atoms with E-state index in [9.17, 15) is 9.18 Å². The highest BCUT2D eigenvalue weighted by Crippen LogP contribution is 2.16. The average Bonchev–Trinajstić information content (AvgIpc) is 2.83. The van der Waals surface area contributed by atoms with Crippen LogP contribution in [0.4, 0.5) is 4.39 Å². The summed E-state index contributed by atoms with van der Waals surface area (Å²) in [5.74, 6) is -1.94. The number of aryl methyl sites for hydroxylation is 2. The van der Waals surface area contributed by atoms with Gasteiger partial charge in [0.25, 0.3) is 0 Å². The molecule has 0 radical (unpaired) electrons. The van der Waals surface area contributed by atoms with E-state index in [1.165, 1.54) is 6.07 Å². The maximum Gasteiger partial charge on any atom is 0.338 e. The highest BCUT2D eigenvalue weighted by molar-refractivity contribution is 5.88. The molecule has 0 aliphatic rings. The SMILES string of the molecule is CCc1cc(CC)n(Cc2cccc(C(=O)O)c2F)n1. The molecule has 0 saturated heterocycles. The van der Waals surface area contributed by atoms with Crippen molar-refractivity contribution < 1.29 is 14.3 Å². The number of halogens is 1. The van der Waals surface area contributed by atoms with Gasteiger partial charge in [-0.15, -0.1) is 0 Å². The van der Waals surface area contributed by atoms with Gasteiger partial charge in [-0.25, -0.2) is 9.18 Å². The molecule has 20 heavy (non-hydrogen) atoms. The zero-order chi connectivity index (χ0) is 14.7. The van der Waals surface area contributed by atoms with Crippen molar-refractivity contribution >= 4 is 5.97 Å². The summed E-state index contributed by atoms with van der Waals surface area (Å²) in [5.41, 5.74) is 2.01. The van der Waals surface area contributed by atoms with Crippen LogP contribution in [0.2, 0.25) is 0 Å². The van der Waals surface area contributed by atoms with Crippen LogP contribution in [-0.2, 0) is 19.4 Å². The van der Waals surface area contributed by atoms with Gasteiger partial charge in [-0.1, -0.05) is 26.0 Å². The van der Waals surface area contributed by atoms with Crippen LogP contribution in [-0.4, -0.2) is 20.9 Å². The number of rotatable bonds is 5. The predicted molar refractivity (Wildman–Crippen MR) is 73.4 cm³/mol. The molecule has 0 aliphatic heterocycles. The first-order valence-corrected chi connectivity index (χ1v) is 6.63. The second-order valence-electron chi connectivity index (χ2n) is 4.58. The summed E-state index contributed by atoms with van der Waals surface area (Å²) < 4.78 is 15.9. The normalized spacial score (nSPS) is 10.8. The van der Waals surface area contributed by atoms with Crippen LogP contribution >= 0.6 is 0 Å². The molecule has 0 aliphatic carbocycles. The highest BCUT2D eigenvalue weighted by Gasteiger charge is 2.15. The maximum absolute atomic E-state index is 14.1. The number of carbonyl (C=O) groups is 1. The Kier molecular flexibility index (Phi) is 4.17. The first kappa shape index (κ1) is 14.2. The molecule has 2 aromatic rings. The minimum atomic E-state index is -1.25. The summed E-state index contributed by atoms with van der Waals surface area (Å²) in [6.07, 6.45) is 1.62. The lowest BCUT2D eigenvalue weighted by Crippen LogP contribution is -2.10. The Morgan fingerprint density at radius 3 is 2.70 bits per heavy atom. The van der Waals surface area contributed by atoms with Crippen LogP contribution in [0.5, 0.6) is 0 Å². The molecule has 106 valence electrons. The fourth-order valence-electron chi connectivity index (χ4n) is 2.14. The molecule has 1 N–H and O–H groups in total. The van der Waals surface area contributed by atoms with Crippen molar-refractivity contribution in [1.29, 1.82) is 0 Å². The van der Waals surface area contributed by atoms with Gasteiger partial charge >= 0.3 is 5.97 Å². The van der Waals surface area contributed by atoms with Crippen molar-refractivity contribution in [2.75, 3.05) is 0 Å². The summed E-state index contributed by atoms with van der Waals surface area (Å²) in [5, 5.41) is 13.3. The van der Waals surface area contributed by atoms with E-state index in [2.05, 4.69) is 5.10 Å². The van der Waals surface area contributed by atoms with Gasteiger partial charge in [0.1, 0.15) is 5.82 Å². The van der Waals surface area contributed by atoms with E-state index in [0.29, 0.717) is 5.56 Å². The predicted octanol–water partition coefficient (Wildman–Crippen LogP) is 2.89. The van der Waals surface area contributed by atoms with Crippen LogP contribution in [0.15, 0.2) is 24.3 Å². The smallest absolute Gasteiger partial charge is 0.338 e. The number of carboxylic acids is 1. The molecule has 5 heteroatoms. The summed E-state index contributed by atoms with van der Waals surface area (Å²) in [6.45, 7) is 4.27. The van der Waals surface area contributed by atoms with Gasteiger partial charge in [0.2, 0.25) is 0 Å². The van der Waals surface area contributed by atoms with Gasteiger partial charge in [0, 0.05) is 11.3 Å². The van der Waals surface area contributed by atoms with E-state index in [-0.39, 0.29) is 12.1 Å². The Morgan fingerprint density at radius 1 is 1.35 bits per heavy atom. The molecule has 0 fully saturated rings. The Morgan fingerprint density at radius 2 is 2.10 bits per heavy atom. The highest BCUT2D eigenvalue weighted by atomic mass is 19.1. The van der Waals surface area contributed by atoms with E-state index in [4.69, 9.17) is 5.11 Å². The molecule has 0 amide bonds. The largest absolute Gasteiger partial charge is 0.478 e. The molecule has 1 heterocycles. The Bertz CT molecular complexity index is 635. The number of hydrogen-bond donors (Lipinski definition) is 1. The third-order valence-corrected chi connectivity index (χ3v) is 3.27. The maximum atomic E-state index is 14.1. The summed E-state index contributed by atoms with van der Waals surface area (Å²) in [6, 6.07) is 6.41. The van der Waals surface area contributed by atoms with Crippen molar-refractivity contribution in [2.24, 2.45) is 0 Å². The van der Waals surface area contributed by atoms with Crippen LogP contribution in [0.25, 0.3) is 0 Å². The molecule has 0 spiro atoms. The lowest BCUT2D eigenvalue weighted by Gasteiger charge is -2.08. The van der Waals surface area contributed by atoms with E-state index in [1.54, 1.807) is 16.8 Å². The van der Waals surface area contributed by atoms with Crippen molar-refractivity contribution in [1.82, 2.24) is 9.78 Å². The van der Waals surface area contributed by atoms with Crippen LogP contribution in [0, 0.1) is 5.82 Å². The number of nitrogens with zero attached hydrogens (tertiary/aromatic N) is 2. The minimum absolute atomic E-state index is 0.246. The van der Waals surface area contributed by atoms with Crippen molar-refractivity contribution in [3.05, 3.63) is 52.6 Å². The monoisotopic (exact) mass is 276 g/mol. The molecule has 0 saturated carbocycles. The lowest BCUT2D eigenvalue weighted by molar-refractivity contribution is 0.0691. The van der Waals surface area contributed by atoms with Crippen LogP contribution in [0.1, 0.15) is 41.2 Å². The second-order valence-corrected chi connectivity index (χ2v) is 4.58. The third-order valence-electron chi connectivity index (χ3n) is 3.27. The zero-order valence-electron chi connectivity index (χ0n) is 11.6. The molecular weight excluding hydrogens is 259 g/mol. The standard InChI is InChI=1S/C15H17FN2O2/c1-3-11-8-12(4-2)18(17-11)9-10-6-5-7-13(14(10)16)15(19)20/h5-8H,3-4,9H2,1-2H3,(H,19,20). The number of aromatic nitrogens is 2. The molecule has 1 aromatic carbocycles. The first-order chi connectivity index (χ1) is 9.56. The third kappa shape index (κ3) is 2.71. The summed E-state index contributed by atoms with van der Waals surface area (Å²) >= 11 is 0. The average molecular weight is 276 g/mol. The molecular formula is C15H17FN2O2. The van der Waals surface area contributed by atoms with Gasteiger partial charge in [-0.3, -0.25) is 4.68 Å². The number of benzene rings is 1. The fraction of sp³-hybridized carbons (Fsp3) is 0.333. The topological polar surface area (TPSA) is 55.1 Å². The minimum Gasteiger partial charge on any atom is -0.478 e. The van der Waals surface area contributed by atoms with Crippen LogP contribution < -0.4 is 0 Å². The Balaban J connectivity index is 2.37. The van der Waals surface area contributed by atoms with Gasteiger partial charge < -0.3 is 5.11 Å². The van der Waals surface area contributed by atoms with Gasteiger partial charge in [0.05, 0.1) is 17.8 Å². The second kappa shape index (κ2) is 5.86. The zero-order valence-corrected chi connectivity index (χ0v) is 11.6. The van der Waals surface area contributed by atoms with Gasteiger partial charge in [0.15, 0.2) is 0 Å². The van der Waals surface area contributed by atoms with E-state index >= 15 is 0 Å². The van der Waals surface area contributed by atoms with E-state index < -0.39 is 11.8 Å². The van der Waals surface area contributed by atoms with Crippen LogP contribution in [0.3, 0.4) is 0 Å². The van der Waals surface area contributed by atoms with Crippen molar-refractivity contribution in [2.45, 2.75) is 33.2 Å². The van der Waals surface area contributed by atoms with Crippen molar-refractivity contribution in [3.63, 3.8) is 0 Å². The lowest BCUT2D eigenvalue weighted by atomic mass is 10.1. The molecule has 0 unspecified atom stereocenters. The van der Waals surface area contributed by atoms with E-state index in [1.807, 2.05) is 19.9 Å². The van der Waals surface area contributed by atoms with Gasteiger partial charge in [-0.2, -0.15) is 5.10 Å². The first-order valence-electron chi connectivity index (χ1n) is 6.63. The van der Waals surface area contributed by atoms with E-state index in [0.717, 1.165) is 24.2 Å². The summed E-state index contributed by atoms with van der Waals surface area (Å²) in [4.78, 5) is 10.9. The molecule has 0 bridgehead atoms. The molecule has 2 rings (SSSR count). The molecule has 1 aromatic heterocycles. The quantitative estimate of drug-likeness (QED) is 0.913. The van der Waals surface area contributed by atoms with Crippen molar-refractivity contribution in [3.8, 4) is 0 Å². The molecule has 4 nitrogen and oxygen atoms in total. The number of carboxylic acid groups (broad SMARTS) is 1. The number of hydrogen-bond acceptors (Lipinski definition) is 2. The Labute approximate surface area is 116 Å². The molecule has 0 atom stereocenters. The van der Waals surface area contributed by atoms with Gasteiger partial charge in [-0.05, 0) is 25.0 Å². The Hall–Kier alpha value is -2.17.